The molecule has 1 amide bonds. The third kappa shape index (κ3) is 3.86. The third-order valence-corrected chi connectivity index (χ3v) is 5.77. The second kappa shape index (κ2) is 7.56. The Morgan fingerprint density at radius 3 is 2.92 bits per heavy atom. The van der Waals surface area contributed by atoms with Crippen LogP contribution in [-0.2, 0) is 31.4 Å². The van der Waals surface area contributed by atoms with Crippen LogP contribution in [0.2, 0.25) is 0 Å². The second-order valence-corrected chi connectivity index (χ2v) is 8.17. The molecule has 1 aliphatic rings. The third-order valence-electron chi connectivity index (χ3n) is 4.79. The van der Waals surface area contributed by atoms with Crippen LogP contribution in [0.1, 0.15) is 41.8 Å². The van der Waals surface area contributed by atoms with Crippen molar-refractivity contribution < 1.29 is 4.79 Å². The molecule has 0 radical (unpaired) electrons. The van der Waals surface area contributed by atoms with E-state index >= 15 is 0 Å². The monoisotopic (exact) mass is 362 g/mol. The smallest absolute Gasteiger partial charge is 0.337 e. The van der Waals surface area contributed by atoms with E-state index in [2.05, 4.69) is 31.1 Å². The quantitative estimate of drug-likeness (QED) is 0.792. The summed E-state index contributed by atoms with van der Waals surface area (Å²) >= 11 is 1.75. The van der Waals surface area contributed by atoms with Gasteiger partial charge in [-0.25, -0.2) is 9.48 Å². The van der Waals surface area contributed by atoms with Gasteiger partial charge in [0, 0.05) is 36.3 Å². The number of carbonyl (C=O) groups excluding carboxylic acids is 1. The summed E-state index contributed by atoms with van der Waals surface area (Å²) in [5.74, 6) is 0.832. The van der Waals surface area contributed by atoms with E-state index in [4.69, 9.17) is 0 Å². The van der Waals surface area contributed by atoms with E-state index in [1.54, 1.807) is 23.0 Å². The summed E-state index contributed by atoms with van der Waals surface area (Å²) in [5.41, 5.74) is -0.124. The van der Waals surface area contributed by atoms with Gasteiger partial charge in [0.05, 0.1) is 12.5 Å². The van der Waals surface area contributed by atoms with Gasteiger partial charge in [-0.05, 0) is 31.9 Å². The number of rotatable bonds is 6. The number of hydrogen-bond donors (Lipinski definition) is 0. The SMILES string of the molecule is CCCCN(Cc1ccc(C)s1)C(=O)[C@@H]1CCc2nn(C)c(=O)n2C1. The maximum absolute atomic E-state index is 13.1. The van der Waals surface area contributed by atoms with E-state index < -0.39 is 0 Å². The van der Waals surface area contributed by atoms with E-state index in [-0.39, 0.29) is 17.5 Å². The second-order valence-electron chi connectivity index (χ2n) is 6.79. The normalized spacial score (nSPS) is 16.7. The van der Waals surface area contributed by atoms with Gasteiger partial charge in [0.25, 0.3) is 0 Å². The molecule has 1 atom stereocenters. The minimum atomic E-state index is -0.132. The van der Waals surface area contributed by atoms with E-state index in [1.165, 1.54) is 14.4 Å². The van der Waals surface area contributed by atoms with E-state index in [9.17, 15) is 9.59 Å². The fraction of sp³-hybridized carbons (Fsp3) is 0.611. The van der Waals surface area contributed by atoms with Gasteiger partial charge in [0.1, 0.15) is 5.82 Å². The molecule has 0 N–H and O–H groups in total. The molecular weight excluding hydrogens is 336 g/mol. The van der Waals surface area contributed by atoms with Gasteiger partial charge in [-0.3, -0.25) is 9.36 Å². The molecule has 6 nitrogen and oxygen atoms in total. The highest BCUT2D eigenvalue weighted by atomic mass is 32.1. The van der Waals surface area contributed by atoms with Crippen LogP contribution in [0, 0.1) is 12.8 Å². The maximum atomic E-state index is 13.1. The topological polar surface area (TPSA) is 60.1 Å². The van der Waals surface area contributed by atoms with Crippen molar-refractivity contribution in [2.75, 3.05) is 6.54 Å². The summed E-state index contributed by atoms with van der Waals surface area (Å²) in [6, 6.07) is 4.21. The molecule has 3 rings (SSSR count). The van der Waals surface area contributed by atoms with Crippen LogP contribution < -0.4 is 5.69 Å². The predicted octanol–water partition coefficient (Wildman–Crippen LogP) is 2.34. The molecule has 0 spiro atoms. The lowest BCUT2D eigenvalue weighted by Gasteiger charge is -2.29. The molecule has 0 unspecified atom stereocenters. The average molecular weight is 362 g/mol. The zero-order chi connectivity index (χ0) is 18.0. The molecule has 0 bridgehead atoms. The molecule has 0 aromatic carbocycles. The molecular formula is C18H26N4O2S. The van der Waals surface area contributed by atoms with Gasteiger partial charge in [-0.2, -0.15) is 5.10 Å². The van der Waals surface area contributed by atoms with Gasteiger partial charge in [0.2, 0.25) is 5.91 Å². The lowest BCUT2D eigenvalue weighted by Crippen LogP contribution is -2.41. The van der Waals surface area contributed by atoms with Crippen LogP contribution >= 0.6 is 11.3 Å². The number of fused-ring (bicyclic) bond motifs is 1. The Kier molecular flexibility index (Phi) is 5.42. The van der Waals surface area contributed by atoms with E-state index in [1.807, 2.05) is 4.90 Å². The number of amides is 1. The number of carbonyl (C=O) groups is 1. The first-order chi connectivity index (χ1) is 12.0. The highest BCUT2D eigenvalue weighted by molar-refractivity contribution is 7.11. The van der Waals surface area contributed by atoms with Gasteiger partial charge < -0.3 is 4.90 Å². The molecule has 0 aliphatic carbocycles. The summed E-state index contributed by atoms with van der Waals surface area (Å²) < 4.78 is 3.03. The Balaban J connectivity index is 1.75. The van der Waals surface area contributed by atoms with Crippen molar-refractivity contribution in [3.8, 4) is 0 Å². The molecule has 136 valence electrons. The van der Waals surface area contributed by atoms with Crippen molar-refractivity contribution in [1.29, 1.82) is 0 Å². The number of aromatic nitrogens is 3. The number of nitrogens with zero attached hydrogens (tertiary/aromatic N) is 4. The summed E-state index contributed by atoms with van der Waals surface area (Å²) in [6.45, 7) is 6.12. The minimum Gasteiger partial charge on any atom is -0.337 e. The van der Waals surface area contributed by atoms with Crippen molar-refractivity contribution in [2.45, 2.75) is 52.6 Å². The molecule has 0 saturated heterocycles. The van der Waals surface area contributed by atoms with E-state index in [0.29, 0.717) is 19.5 Å². The number of hydrogen-bond acceptors (Lipinski definition) is 4. The summed E-state index contributed by atoms with van der Waals surface area (Å²) in [7, 11) is 1.66. The largest absolute Gasteiger partial charge is 0.345 e. The van der Waals surface area contributed by atoms with Gasteiger partial charge in [0.15, 0.2) is 0 Å². The Labute approximate surface area is 152 Å². The molecule has 1 aliphatic heterocycles. The lowest BCUT2D eigenvalue weighted by atomic mass is 9.97. The Morgan fingerprint density at radius 2 is 2.24 bits per heavy atom. The maximum Gasteiger partial charge on any atom is 0.345 e. The molecule has 25 heavy (non-hydrogen) atoms. The molecule has 7 heteroatoms. The first-order valence-electron chi connectivity index (χ1n) is 8.96. The van der Waals surface area contributed by atoms with Crippen LogP contribution in [0.15, 0.2) is 16.9 Å². The van der Waals surface area contributed by atoms with Gasteiger partial charge >= 0.3 is 5.69 Å². The number of thiophene rings is 1. The molecule has 0 fully saturated rings. The summed E-state index contributed by atoms with van der Waals surface area (Å²) in [6.07, 6.45) is 3.51. The van der Waals surface area contributed by atoms with Crippen molar-refractivity contribution in [1.82, 2.24) is 19.2 Å². The molecule has 2 aromatic rings. The van der Waals surface area contributed by atoms with Crippen LogP contribution in [0.4, 0.5) is 0 Å². The van der Waals surface area contributed by atoms with Crippen molar-refractivity contribution in [2.24, 2.45) is 13.0 Å². The van der Waals surface area contributed by atoms with Gasteiger partial charge in [-0.1, -0.05) is 13.3 Å². The molecule has 0 saturated carbocycles. The zero-order valence-electron chi connectivity index (χ0n) is 15.2. The van der Waals surface area contributed by atoms with E-state index in [0.717, 1.165) is 31.6 Å². The van der Waals surface area contributed by atoms with Crippen LogP contribution in [-0.4, -0.2) is 31.7 Å². The van der Waals surface area contributed by atoms with Crippen molar-refractivity contribution >= 4 is 17.2 Å². The fourth-order valence-corrected chi connectivity index (χ4v) is 4.28. The minimum absolute atomic E-state index is 0.124. The van der Waals surface area contributed by atoms with Crippen LogP contribution in [0.3, 0.4) is 0 Å². The number of aryl methyl sites for hydroxylation is 3. The Morgan fingerprint density at radius 1 is 1.44 bits per heavy atom. The Hall–Kier alpha value is -1.89. The molecule has 2 aromatic heterocycles. The fourth-order valence-electron chi connectivity index (χ4n) is 3.37. The summed E-state index contributed by atoms with van der Waals surface area (Å²) in [5, 5.41) is 4.25. The van der Waals surface area contributed by atoms with Crippen LogP contribution in [0.25, 0.3) is 0 Å². The highest BCUT2D eigenvalue weighted by Gasteiger charge is 2.30. The highest BCUT2D eigenvalue weighted by Crippen LogP contribution is 2.23. The average Bonchev–Trinajstić information content (AvgIpc) is 3.14. The first-order valence-corrected chi connectivity index (χ1v) is 9.78. The van der Waals surface area contributed by atoms with Crippen molar-refractivity contribution in [3.05, 3.63) is 38.2 Å². The van der Waals surface area contributed by atoms with Gasteiger partial charge in [-0.15, -0.1) is 11.3 Å². The standard InChI is InChI=1S/C18H26N4O2S/c1-4-5-10-21(12-15-8-6-13(2)25-15)17(23)14-7-9-16-19-20(3)18(24)22(16)11-14/h6,8,14H,4-5,7,9-12H2,1-3H3/t14-/m1/s1. The van der Waals surface area contributed by atoms with Crippen molar-refractivity contribution in [3.63, 3.8) is 0 Å². The summed E-state index contributed by atoms with van der Waals surface area (Å²) in [4.78, 5) is 29.8. The molecule has 3 heterocycles. The first kappa shape index (κ1) is 17.9. The Bertz CT molecular complexity index is 804. The predicted molar refractivity (Wildman–Crippen MR) is 98.7 cm³/mol. The number of unbranched alkanes of at least 4 members (excludes halogenated alkanes) is 1. The zero-order valence-corrected chi connectivity index (χ0v) is 16.0. The van der Waals surface area contributed by atoms with Crippen LogP contribution in [0.5, 0.6) is 0 Å². The lowest BCUT2D eigenvalue weighted by molar-refractivity contribution is -0.137.